The van der Waals surface area contributed by atoms with E-state index in [9.17, 15) is 0 Å². The molecule has 0 aliphatic heterocycles. The standard InChI is InChI=1S/C64H48N2/c1-3-13-42(14-4-1)47-20-11-21-50(36-47)60-39-59(65-63(66-60)46-16-5-2-6-17-46)44-25-27-45(28-26-44)61-53-22-10-9-15-43(53)29-30-55(61)54-23-12-24-57-62(54)56-37-48-18-7-8-19-49(48)38-58(56)64(57)51-32-40-31-41(34-51)35-52(64)33-40/h1-30,36-41,51-52H,31-35H2. The average Bonchev–Trinajstić information content (AvgIpc) is 3.66. The molecule has 0 amide bonds. The topological polar surface area (TPSA) is 25.8 Å². The van der Waals surface area contributed by atoms with Crippen molar-refractivity contribution in [3.05, 3.63) is 217 Å². The molecule has 4 saturated carbocycles. The Morgan fingerprint density at radius 1 is 0.333 bits per heavy atom. The predicted molar refractivity (Wildman–Crippen MR) is 273 cm³/mol. The van der Waals surface area contributed by atoms with Gasteiger partial charge >= 0.3 is 0 Å². The van der Waals surface area contributed by atoms with Crippen LogP contribution in [-0.2, 0) is 5.41 Å². The Morgan fingerprint density at radius 2 is 0.909 bits per heavy atom. The van der Waals surface area contributed by atoms with Crippen LogP contribution >= 0.6 is 0 Å². The van der Waals surface area contributed by atoms with Gasteiger partial charge in [-0.2, -0.15) is 0 Å². The van der Waals surface area contributed by atoms with Crippen LogP contribution in [0.1, 0.15) is 43.2 Å². The van der Waals surface area contributed by atoms with Gasteiger partial charge in [-0.25, -0.2) is 9.97 Å². The van der Waals surface area contributed by atoms with Crippen molar-refractivity contribution in [1.29, 1.82) is 0 Å². The second kappa shape index (κ2) is 14.8. The Hall–Kier alpha value is -7.42. The first-order valence-corrected chi connectivity index (χ1v) is 24.1. The molecule has 9 aromatic carbocycles. The lowest BCUT2D eigenvalue weighted by molar-refractivity contribution is -0.0398. The molecule has 0 N–H and O–H groups in total. The number of nitrogens with zero attached hydrogens (tertiary/aromatic N) is 2. The van der Waals surface area contributed by atoms with Crippen LogP contribution in [0.25, 0.3) is 100.0 Å². The van der Waals surface area contributed by atoms with Gasteiger partial charge in [0.15, 0.2) is 5.82 Å². The molecule has 15 rings (SSSR count). The molecule has 1 heterocycles. The van der Waals surface area contributed by atoms with Crippen molar-refractivity contribution in [2.24, 2.45) is 23.7 Å². The molecule has 0 radical (unpaired) electrons. The smallest absolute Gasteiger partial charge is 0.160 e. The Labute approximate surface area is 386 Å². The quantitative estimate of drug-likeness (QED) is 0.167. The van der Waals surface area contributed by atoms with Crippen LogP contribution in [0, 0.1) is 23.7 Å². The van der Waals surface area contributed by atoms with Gasteiger partial charge in [-0.1, -0.05) is 182 Å². The number of benzene rings is 9. The summed E-state index contributed by atoms with van der Waals surface area (Å²) in [4.78, 5) is 10.4. The summed E-state index contributed by atoms with van der Waals surface area (Å²) in [5.41, 5.74) is 18.6. The Bertz CT molecular complexity index is 3500. The van der Waals surface area contributed by atoms with Gasteiger partial charge in [0, 0.05) is 22.1 Å². The number of aromatic nitrogens is 2. The largest absolute Gasteiger partial charge is 0.228 e. The molecule has 0 unspecified atom stereocenters. The van der Waals surface area contributed by atoms with Crippen molar-refractivity contribution in [3.63, 3.8) is 0 Å². The van der Waals surface area contributed by atoms with E-state index < -0.39 is 0 Å². The molecule has 2 nitrogen and oxygen atoms in total. The molecular formula is C64H48N2. The molecule has 1 aromatic heterocycles. The molecule has 2 heteroatoms. The summed E-state index contributed by atoms with van der Waals surface area (Å²) in [5, 5.41) is 5.23. The zero-order valence-corrected chi connectivity index (χ0v) is 36.9. The van der Waals surface area contributed by atoms with E-state index in [2.05, 4.69) is 200 Å². The minimum absolute atomic E-state index is 0.0780. The Balaban J connectivity index is 0.932. The maximum atomic E-state index is 5.24. The summed E-state index contributed by atoms with van der Waals surface area (Å²) in [7, 11) is 0. The van der Waals surface area contributed by atoms with Gasteiger partial charge < -0.3 is 0 Å². The van der Waals surface area contributed by atoms with Crippen molar-refractivity contribution in [1.82, 2.24) is 9.97 Å². The third-order valence-corrected chi connectivity index (χ3v) is 16.2. The number of rotatable bonds is 6. The minimum atomic E-state index is 0.0780. The van der Waals surface area contributed by atoms with Crippen molar-refractivity contribution < 1.29 is 0 Å². The molecule has 0 atom stereocenters. The second-order valence-electron chi connectivity index (χ2n) is 19.7. The van der Waals surface area contributed by atoms with Crippen molar-refractivity contribution in [2.75, 3.05) is 0 Å². The zero-order valence-electron chi connectivity index (χ0n) is 36.9. The molecule has 4 fully saturated rings. The summed E-state index contributed by atoms with van der Waals surface area (Å²) in [6, 6.07) is 76.3. The van der Waals surface area contributed by atoms with Gasteiger partial charge in [0.2, 0.25) is 0 Å². The number of hydrogen-bond donors (Lipinski definition) is 0. The molecule has 66 heavy (non-hydrogen) atoms. The second-order valence-corrected chi connectivity index (χ2v) is 19.7. The van der Waals surface area contributed by atoms with Crippen LogP contribution in [0.4, 0.5) is 0 Å². The molecule has 10 aromatic rings. The highest BCUT2D eigenvalue weighted by atomic mass is 14.9. The van der Waals surface area contributed by atoms with Crippen molar-refractivity contribution >= 4 is 21.5 Å². The van der Waals surface area contributed by atoms with Crippen molar-refractivity contribution in [2.45, 2.75) is 37.5 Å². The highest BCUT2D eigenvalue weighted by Crippen LogP contribution is 2.70. The summed E-state index contributed by atoms with van der Waals surface area (Å²) < 4.78 is 0. The molecule has 1 spiro atoms. The van der Waals surface area contributed by atoms with Crippen LogP contribution in [-0.4, -0.2) is 9.97 Å². The zero-order chi connectivity index (χ0) is 43.3. The third-order valence-electron chi connectivity index (χ3n) is 16.2. The number of hydrogen-bond acceptors (Lipinski definition) is 2. The monoisotopic (exact) mass is 844 g/mol. The lowest BCUT2D eigenvalue weighted by atomic mass is 9.43. The highest BCUT2D eigenvalue weighted by molar-refractivity contribution is 6.08. The van der Waals surface area contributed by atoms with E-state index in [1.807, 2.05) is 6.07 Å². The Morgan fingerprint density at radius 3 is 1.65 bits per heavy atom. The highest BCUT2D eigenvalue weighted by Gasteiger charge is 2.61. The first-order valence-electron chi connectivity index (χ1n) is 24.1. The van der Waals surface area contributed by atoms with Crippen LogP contribution in [0.3, 0.4) is 0 Å². The summed E-state index contributed by atoms with van der Waals surface area (Å²) in [6.45, 7) is 0. The summed E-state index contributed by atoms with van der Waals surface area (Å²) in [6.07, 6.45) is 6.94. The van der Waals surface area contributed by atoms with Gasteiger partial charge in [-0.3, -0.25) is 0 Å². The molecule has 0 saturated heterocycles. The van der Waals surface area contributed by atoms with Gasteiger partial charge in [-0.05, 0) is 157 Å². The SMILES string of the molecule is c1ccc(-c2cccc(-c3cc(-c4ccc(-c5c(-c6cccc7c6-c6cc8ccccc8cc6C76C7CC8CC(C7)CC6C8)ccc6ccccc56)cc4)nc(-c4ccccc4)n3)c2)cc1. The van der Waals surface area contributed by atoms with E-state index in [1.54, 1.807) is 11.1 Å². The molecule has 5 aliphatic rings. The first-order chi connectivity index (χ1) is 32.7. The van der Waals surface area contributed by atoms with E-state index in [0.29, 0.717) is 11.8 Å². The lowest BCUT2D eigenvalue weighted by Gasteiger charge is -2.61. The molecular weight excluding hydrogens is 797 g/mol. The normalized spacial score (nSPS) is 21.1. The van der Waals surface area contributed by atoms with E-state index in [0.717, 1.165) is 45.7 Å². The van der Waals surface area contributed by atoms with E-state index in [-0.39, 0.29) is 5.41 Å². The number of fused-ring (bicyclic) bond motifs is 5. The Kier molecular flexibility index (Phi) is 8.50. The van der Waals surface area contributed by atoms with Crippen LogP contribution in [0.5, 0.6) is 0 Å². The molecule has 314 valence electrons. The predicted octanol–water partition coefficient (Wildman–Crippen LogP) is 16.5. The van der Waals surface area contributed by atoms with Gasteiger partial charge in [0.1, 0.15) is 0 Å². The average molecular weight is 845 g/mol. The van der Waals surface area contributed by atoms with E-state index in [1.165, 1.54) is 98.2 Å². The van der Waals surface area contributed by atoms with E-state index in [4.69, 9.17) is 9.97 Å². The first kappa shape index (κ1) is 37.9. The van der Waals surface area contributed by atoms with Crippen molar-refractivity contribution in [3.8, 4) is 78.4 Å². The fourth-order valence-electron chi connectivity index (χ4n) is 13.7. The summed E-state index contributed by atoms with van der Waals surface area (Å²) >= 11 is 0. The fraction of sp³-hybridized carbons (Fsp3) is 0.156. The minimum Gasteiger partial charge on any atom is -0.228 e. The van der Waals surface area contributed by atoms with E-state index >= 15 is 0 Å². The van der Waals surface area contributed by atoms with Gasteiger partial charge in [0.05, 0.1) is 11.4 Å². The lowest BCUT2D eigenvalue weighted by Crippen LogP contribution is -2.55. The molecule has 4 bridgehead atoms. The molecule has 5 aliphatic carbocycles. The maximum absolute atomic E-state index is 5.24. The van der Waals surface area contributed by atoms with Gasteiger partial charge in [0.25, 0.3) is 0 Å². The van der Waals surface area contributed by atoms with Crippen LogP contribution in [0.15, 0.2) is 206 Å². The fourth-order valence-corrected chi connectivity index (χ4v) is 13.7. The van der Waals surface area contributed by atoms with Crippen LogP contribution < -0.4 is 0 Å². The third kappa shape index (κ3) is 5.80. The maximum Gasteiger partial charge on any atom is 0.160 e. The summed E-state index contributed by atoms with van der Waals surface area (Å²) in [5.74, 6) is 3.91. The van der Waals surface area contributed by atoms with Crippen LogP contribution in [0.2, 0.25) is 0 Å². The van der Waals surface area contributed by atoms with Gasteiger partial charge in [-0.15, -0.1) is 0 Å².